The first kappa shape index (κ1) is 16.1. The molecule has 1 aromatic carbocycles. The highest BCUT2D eigenvalue weighted by Crippen LogP contribution is 2.25. The number of hydrogen-bond donors (Lipinski definition) is 2. The fourth-order valence-corrected chi connectivity index (χ4v) is 2.98. The highest BCUT2D eigenvalue weighted by atomic mass is 32.1. The fourth-order valence-electron chi connectivity index (χ4n) is 2.24. The summed E-state index contributed by atoms with van der Waals surface area (Å²) in [5.41, 5.74) is 2.88. The lowest BCUT2D eigenvalue weighted by molar-refractivity contribution is 0.262. The van der Waals surface area contributed by atoms with Crippen LogP contribution in [0, 0.1) is 0 Å². The van der Waals surface area contributed by atoms with E-state index in [0.717, 1.165) is 29.1 Å². The van der Waals surface area contributed by atoms with E-state index in [9.17, 15) is 4.79 Å². The molecular formula is C17H17N5OS. The largest absolute Gasteiger partial charge is 0.325 e. The molecule has 0 saturated heterocycles. The Hall–Kier alpha value is -2.80. The van der Waals surface area contributed by atoms with Crippen molar-refractivity contribution < 1.29 is 4.79 Å². The van der Waals surface area contributed by atoms with Crippen molar-refractivity contribution in [2.24, 2.45) is 0 Å². The minimum atomic E-state index is -0.332. The molecule has 2 N–H and O–H groups in total. The number of urea groups is 1. The molecule has 24 heavy (non-hydrogen) atoms. The van der Waals surface area contributed by atoms with E-state index in [0.29, 0.717) is 5.13 Å². The predicted octanol–water partition coefficient (Wildman–Crippen LogP) is 4.20. The number of anilines is 2. The van der Waals surface area contributed by atoms with Gasteiger partial charge in [-0.1, -0.05) is 36.8 Å². The maximum Gasteiger partial charge on any atom is 0.325 e. The summed E-state index contributed by atoms with van der Waals surface area (Å²) in [6.45, 7) is 2.13. The molecule has 0 saturated carbocycles. The molecule has 0 aliphatic heterocycles. The summed E-state index contributed by atoms with van der Waals surface area (Å²) >= 11 is 1.31. The van der Waals surface area contributed by atoms with Gasteiger partial charge in [0.2, 0.25) is 5.13 Å². The number of benzene rings is 1. The van der Waals surface area contributed by atoms with Crippen LogP contribution in [0.15, 0.2) is 48.8 Å². The molecule has 0 spiro atoms. The van der Waals surface area contributed by atoms with Gasteiger partial charge < -0.3 is 5.32 Å². The quantitative estimate of drug-likeness (QED) is 0.730. The lowest BCUT2D eigenvalue weighted by Crippen LogP contribution is -2.19. The number of rotatable bonds is 5. The average Bonchev–Trinajstić information content (AvgIpc) is 3.04. The fraction of sp³-hybridized carbons (Fsp3) is 0.176. The first-order chi connectivity index (χ1) is 11.7. The van der Waals surface area contributed by atoms with Crippen LogP contribution < -0.4 is 10.6 Å². The maximum atomic E-state index is 12.1. The van der Waals surface area contributed by atoms with E-state index in [-0.39, 0.29) is 6.03 Å². The smallest absolute Gasteiger partial charge is 0.308 e. The van der Waals surface area contributed by atoms with Gasteiger partial charge in [0.25, 0.3) is 0 Å². The highest BCUT2D eigenvalue weighted by Gasteiger charge is 2.09. The molecule has 7 heteroatoms. The molecule has 0 unspecified atom stereocenters. The third kappa shape index (κ3) is 4.14. The molecule has 2 aromatic heterocycles. The lowest BCUT2D eigenvalue weighted by atomic mass is 10.1. The van der Waals surface area contributed by atoms with Crippen molar-refractivity contribution in [3.63, 3.8) is 0 Å². The second kappa shape index (κ2) is 7.65. The number of aromatic nitrogens is 3. The van der Waals surface area contributed by atoms with Crippen LogP contribution in [0.25, 0.3) is 10.6 Å². The van der Waals surface area contributed by atoms with Crippen molar-refractivity contribution in [3.05, 3.63) is 54.4 Å². The molecule has 0 atom stereocenters. The summed E-state index contributed by atoms with van der Waals surface area (Å²) in [5.74, 6) is 0. The average molecular weight is 339 g/mol. The molecule has 2 amide bonds. The third-order valence-corrected chi connectivity index (χ3v) is 4.18. The van der Waals surface area contributed by atoms with Crippen LogP contribution in [-0.2, 0) is 6.42 Å². The van der Waals surface area contributed by atoms with E-state index in [1.807, 2.05) is 30.3 Å². The van der Waals surface area contributed by atoms with Crippen LogP contribution in [0.1, 0.15) is 18.9 Å². The van der Waals surface area contributed by atoms with Crippen LogP contribution in [0.4, 0.5) is 15.6 Å². The van der Waals surface area contributed by atoms with Gasteiger partial charge in [-0.3, -0.25) is 10.3 Å². The zero-order valence-electron chi connectivity index (χ0n) is 13.2. The topological polar surface area (TPSA) is 79.8 Å². The number of amides is 2. The maximum absolute atomic E-state index is 12.1. The molecule has 122 valence electrons. The molecule has 0 radical (unpaired) electrons. The summed E-state index contributed by atoms with van der Waals surface area (Å²) in [5, 5.41) is 14.8. The van der Waals surface area contributed by atoms with Crippen molar-refractivity contribution in [2.75, 3.05) is 10.6 Å². The number of carbonyl (C=O) groups is 1. The number of aryl methyl sites for hydroxylation is 1. The zero-order chi connectivity index (χ0) is 16.8. The monoisotopic (exact) mass is 339 g/mol. The number of carbonyl (C=O) groups excluding carboxylic acids is 1. The van der Waals surface area contributed by atoms with Crippen LogP contribution >= 0.6 is 11.3 Å². The summed E-state index contributed by atoms with van der Waals surface area (Å²) in [6.07, 6.45) is 5.45. The van der Waals surface area contributed by atoms with E-state index in [1.165, 1.54) is 16.9 Å². The molecule has 0 bridgehead atoms. The SMILES string of the molecule is CCCc1cccc(NC(=O)Nc2nnc(-c3ccncc3)s2)c1. The Labute approximate surface area is 144 Å². The highest BCUT2D eigenvalue weighted by molar-refractivity contribution is 7.18. The van der Waals surface area contributed by atoms with Gasteiger partial charge in [-0.25, -0.2) is 4.79 Å². The second-order valence-corrected chi connectivity index (χ2v) is 6.16. The van der Waals surface area contributed by atoms with Gasteiger partial charge in [-0.05, 0) is 36.2 Å². The first-order valence-corrected chi connectivity index (χ1v) is 8.47. The zero-order valence-corrected chi connectivity index (χ0v) is 14.0. The molecule has 2 heterocycles. The first-order valence-electron chi connectivity index (χ1n) is 7.65. The minimum Gasteiger partial charge on any atom is -0.308 e. The lowest BCUT2D eigenvalue weighted by Gasteiger charge is -2.06. The Morgan fingerprint density at radius 3 is 2.75 bits per heavy atom. The van der Waals surface area contributed by atoms with Crippen LogP contribution in [0.5, 0.6) is 0 Å². The Morgan fingerprint density at radius 1 is 1.12 bits per heavy atom. The normalized spacial score (nSPS) is 10.4. The van der Waals surface area contributed by atoms with Gasteiger partial charge in [-0.2, -0.15) is 0 Å². The second-order valence-electron chi connectivity index (χ2n) is 5.18. The summed E-state index contributed by atoms with van der Waals surface area (Å²) in [7, 11) is 0. The van der Waals surface area contributed by atoms with Crippen LogP contribution in [0.2, 0.25) is 0 Å². The molecule has 3 rings (SSSR count). The predicted molar refractivity (Wildman–Crippen MR) is 96.2 cm³/mol. The van der Waals surface area contributed by atoms with Crippen molar-refractivity contribution in [1.29, 1.82) is 0 Å². The molecule has 0 fully saturated rings. The molecule has 0 aliphatic rings. The molecule has 3 aromatic rings. The van der Waals surface area contributed by atoms with Gasteiger partial charge in [0.1, 0.15) is 5.01 Å². The van der Waals surface area contributed by atoms with E-state index in [2.05, 4.69) is 38.8 Å². The number of hydrogen-bond acceptors (Lipinski definition) is 5. The number of pyridine rings is 1. The van der Waals surface area contributed by atoms with Gasteiger partial charge in [0.05, 0.1) is 0 Å². The standard InChI is InChI=1S/C17H17N5OS/c1-2-4-12-5-3-6-14(11-12)19-16(23)20-17-22-21-15(24-17)13-7-9-18-10-8-13/h3,5-11H,2,4H2,1H3,(H2,19,20,22,23). The molecule has 0 aliphatic carbocycles. The van der Waals surface area contributed by atoms with Gasteiger partial charge >= 0.3 is 6.03 Å². The van der Waals surface area contributed by atoms with Crippen molar-refractivity contribution in [3.8, 4) is 10.6 Å². The third-order valence-electron chi connectivity index (χ3n) is 3.30. The van der Waals surface area contributed by atoms with Crippen molar-refractivity contribution in [2.45, 2.75) is 19.8 Å². The number of nitrogens with one attached hydrogen (secondary N) is 2. The van der Waals surface area contributed by atoms with Gasteiger partial charge in [-0.15, -0.1) is 10.2 Å². The van der Waals surface area contributed by atoms with Gasteiger partial charge in [0, 0.05) is 23.6 Å². The summed E-state index contributed by atoms with van der Waals surface area (Å²) < 4.78 is 0. The minimum absolute atomic E-state index is 0.332. The van der Waals surface area contributed by atoms with Crippen LogP contribution in [0.3, 0.4) is 0 Å². The molecular weight excluding hydrogens is 322 g/mol. The van der Waals surface area contributed by atoms with Gasteiger partial charge in [0.15, 0.2) is 0 Å². The number of nitrogens with zero attached hydrogens (tertiary/aromatic N) is 3. The Kier molecular flexibility index (Phi) is 5.12. The van der Waals surface area contributed by atoms with E-state index in [1.54, 1.807) is 12.4 Å². The van der Waals surface area contributed by atoms with Crippen molar-refractivity contribution in [1.82, 2.24) is 15.2 Å². The summed E-state index contributed by atoms with van der Waals surface area (Å²) in [4.78, 5) is 16.1. The Morgan fingerprint density at radius 2 is 1.96 bits per heavy atom. The summed E-state index contributed by atoms with van der Waals surface area (Å²) in [6, 6.07) is 11.2. The van der Waals surface area contributed by atoms with E-state index >= 15 is 0 Å². The Bertz CT molecular complexity index is 819. The van der Waals surface area contributed by atoms with Crippen LogP contribution in [-0.4, -0.2) is 21.2 Å². The van der Waals surface area contributed by atoms with E-state index < -0.39 is 0 Å². The molecule has 6 nitrogen and oxygen atoms in total. The Balaban J connectivity index is 1.63. The van der Waals surface area contributed by atoms with Crippen molar-refractivity contribution >= 4 is 28.2 Å². The van der Waals surface area contributed by atoms with E-state index in [4.69, 9.17) is 0 Å².